The zero-order chi connectivity index (χ0) is 12.8. The fraction of sp³-hybridized carbons (Fsp3) is 0.357. The van der Waals surface area contributed by atoms with Gasteiger partial charge < -0.3 is 10.5 Å². The summed E-state index contributed by atoms with van der Waals surface area (Å²) in [6.45, 7) is 0. The molecule has 0 atom stereocenters. The number of hydrogen-bond acceptors (Lipinski definition) is 3. The molecule has 94 valence electrons. The van der Waals surface area contributed by atoms with Crippen LogP contribution in [0.3, 0.4) is 0 Å². The molecule has 0 aliphatic heterocycles. The van der Waals surface area contributed by atoms with Gasteiger partial charge in [-0.2, -0.15) is 5.10 Å². The number of anilines is 1. The third-order valence-electron chi connectivity index (χ3n) is 3.78. The first-order valence-electron chi connectivity index (χ1n) is 6.10. The van der Waals surface area contributed by atoms with Crippen molar-refractivity contribution in [2.24, 2.45) is 7.05 Å². The van der Waals surface area contributed by atoms with E-state index in [9.17, 15) is 0 Å². The second kappa shape index (κ2) is 3.85. The predicted molar refractivity (Wildman–Crippen MR) is 71.0 cm³/mol. The fourth-order valence-corrected chi connectivity index (χ4v) is 2.36. The average molecular weight is 243 g/mol. The van der Waals surface area contributed by atoms with Crippen LogP contribution >= 0.6 is 0 Å². The molecule has 1 aromatic carbocycles. The van der Waals surface area contributed by atoms with E-state index < -0.39 is 0 Å². The number of rotatable bonds is 3. The molecule has 1 aliphatic carbocycles. The second-order valence-electron chi connectivity index (χ2n) is 4.85. The first-order valence-corrected chi connectivity index (χ1v) is 6.10. The first kappa shape index (κ1) is 11.3. The third-order valence-corrected chi connectivity index (χ3v) is 3.78. The van der Waals surface area contributed by atoms with Gasteiger partial charge in [-0.05, 0) is 30.0 Å². The zero-order valence-electron chi connectivity index (χ0n) is 10.7. The number of ether oxygens (including phenoxy) is 1. The van der Waals surface area contributed by atoms with Crippen molar-refractivity contribution in [3.05, 3.63) is 36.0 Å². The van der Waals surface area contributed by atoms with E-state index in [0.29, 0.717) is 5.82 Å². The van der Waals surface area contributed by atoms with Gasteiger partial charge in [0.25, 0.3) is 0 Å². The van der Waals surface area contributed by atoms with Crippen molar-refractivity contribution in [1.82, 2.24) is 9.78 Å². The number of methoxy groups -OCH3 is 1. The molecule has 0 bridgehead atoms. The van der Waals surface area contributed by atoms with Crippen molar-refractivity contribution < 1.29 is 4.74 Å². The molecule has 0 unspecified atom stereocenters. The minimum Gasteiger partial charge on any atom is -0.383 e. The second-order valence-corrected chi connectivity index (χ2v) is 4.85. The molecular weight excluding hydrogens is 226 g/mol. The third kappa shape index (κ3) is 1.61. The summed E-state index contributed by atoms with van der Waals surface area (Å²) in [5.74, 6) is 0.689. The Hall–Kier alpha value is -1.81. The minimum absolute atomic E-state index is 0.0625. The number of hydrogen-bond donors (Lipinski definition) is 1. The number of nitrogens with two attached hydrogens (primary N) is 1. The Morgan fingerprint density at radius 1 is 1.39 bits per heavy atom. The van der Waals surface area contributed by atoms with Crippen LogP contribution in [0.15, 0.2) is 30.5 Å². The van der Waals surface area contributed by atoms with Gasteiger partial charge in [0.1, 0.15) is 5.82 Å². The highest BCUT2D eigenvalue weighted by atomic mass is 16.5. The molecule has 2 N–H and O–H groups in total. The summed E-state index contributed by atoms with van der Waals surface area (Å²) in [4.78, 5) is 0. The van der Waals surface area contributed by atoms with Crippen LogP contribution in [0.25, 0.3) is 11.1 Å². The number of aryl methyl sites for hydroxylation is 1. The highest BCUT2D eigenvalue weighted by molar-refractivity contribution is 5.74. The Labute approximate surface area is 106 Å². The smallest absolute Gasteiger partial charge is 0.129 e. The van der Waals surface area contributed by atoms with Crippen molar-refractivity contribution in [1.29, 1.82) is 0 Å². The highest BCUT2D eigenvalue weighted by Gasteiger charge is 2.44. The maximum atomic E-state index is 6.01. The predicted octanol–water partition coefficient (Wildman–Crippen LogP) is 2.30. The van der Waals surface area contributed by atoms with Gasteiger partial charge in [0.05, 0.1) is 11.8 Å². The van der Waals surface area contributed by atoms with Gasteiger partial charge >= 0.3 is 0 Å². The quantitative estimate of drug-likeness (QED) is 0.900. The molecule has 1 heterocycles. The minimum atomic E-state index is -0.0625. The van der Waals surface area contributed by atoms with Gasteiger partial charge in [-0.3, -0.25) is 4.68 Å². The van der Waals surface area contributed by atoms with Crippen molar-refractivity contribution in [2.75, 3.05) is 12.8 Å². The molecule has 18 heavy (non-hydrogen) atoms. The van der Waals surface area contributed by atoms with Gasteiger partial charge in [0.15, 0.2) is 0 Å². The Morgan fingerprint density at radius 3 is 2.72 bits per heavy atom. The lowest BCUT2D eigenvalue weighted by Crippen LogP contribution is -2.08. The topological polar surface area (TPSA) is 53.1 Å². The summed E-state index contributed by atoms with van der Waals surface area (Å²) in [6, 6.07) is 8.38. The largest absolute Gasteiger partial charge is 0.383 e. The van der Waals surface area contributed by atoms with Gasteiger partial charge in [-0.1, -0.05) is 18.2 Å². The Bertz CT molecular complexity index is 584. The summed E-state index contributed by atoms with van der Waals surface area (Å²) >= 11 is 0. The fourth-order valence-electron chi connectivity index (χ4n) is 2.36. The molecule has 1 saturated carbocycles. The number of nitrogens with zero attached hydrogens (tertiary/aromatic N) is 2. The molecule has 0 spiro atoms. The summed E-state index contributed by atoms with van der Waals surface area (Å²) in [5.41, 5.74) is 9.25. The Morgan fingerprint density at radius 2 is 2.17 bits per heavy atom. The summed E-state index contributed by atoms with van der Waals surface area (Å²) in [5, 5.41) is 4.18. The first-order chi connectivity index (χ1) is 8.66. The summed E-state index contributed by atoms with van der Waals surface area (Å²) in [6.07, 6.45) is 3.99. The van der Waals surface area contributed by atoms with E-state index in [2.05, 4.69) is 29.4 Å². The van der Waals surface area contributed by atoms with Gasteiger partial charge in [0.2, 0.25) is 0 Å². The van der Waals surface area contributed by atoms with Gasteiger partial charge in [-0.15, -0.1) is 0 Å². The summed E-state index contributed by atoms with van der Waals surface area (Å²) in [7, 11) is 3.62. The van der Waals surface area contributed by atoms with Crippen LogP contribution in [0, 0.1) is 0 Å². The lowest BCUT2D eigenvalue weighted by atomic mass is 10.0. The molecule has 1 aromatic heterocycles. The van der Waals surface area contributed by atoms with E-state index in [0.717, 1.165) is 24.0 Å². The zero-order valence-corrected chi connectivity index (χ0v) is 10.7. The van der Waals surface area contributed by atoms with Crippen LogP contribution in [-0.2, 0) is 17.4 Å². The maximum absolute atomic E-state index is 6.01. The molecule has 4 nitrogen and oxygen atoms in total. The van der Waals surface area contributed by atoms with Crippen LogP contribution in [0.1, 0.15) is 18.4 Å². The standard InChI is InChI=1S/C14H17N3O/c1-17-13(15)12(9-16-17)10-4-3-5-11(8-10)14(18-2)6-7-14/h3-5,8-9H,6-7,15H2,1-2H3. The maximum Gasteiger partial charge on any atom is 0.129 e. The SMILES string of the molecule is COC1(c2cccc(-c3cnn(C)c3N)c2)CC1. The van der Waals surface area contributed by atoms with E-state index in [-0.39, 0.29) is 5.60 Å². The molecule has 3 rings (SSSR count). The van der Waals surface area contributed by atoms with E-state index in [1.165, 1.54) is 5.56 Å². The molecule has 2 aromatic rings. The van der Waals surface area contributed by atoms with E-state index in [1.54, 1.807) is 18.0 Å². The van der Waals surface area contributed by atoms with Crippen molar-refractivity contribution in [2.45, 2.75) is 18.4 Å². The monoisotopic (exact) mass is 243 g/mol. The Kier molecular flexibility index (Phi) is 2.41. The molecule has 1 fully saturated rings. The molecule has 0 radical (unpaired) electrons. The van der Waals surface area contributed by atoms with E-state index >= 15 is 0 Å². The van der Waals surface area contributed by atoms with E-state index in [4.69, 9.17) is 10.5 Å². The van der Waals surface area contributed by atoms with Gasteiger partial charge in [0, 0.05) is 19.7 Å². The average Bonchev–Trinajstić information content (AvgIpc) is 3.13. The molecular formula is C14H17N3O. The number of benzene rings is 1. The van der Waals surface area contributed by atoms with Crippen LogP contribution in [-0.4, -0.2) is 16.9 Å². The normalized spacial score (nSPS) is 16.8. The Balaban J connectivity index is 2.04. The lowest BCUT2D eigenvalue weighted by molar-refractivity contribution is 0.0789. The lowest BCUT2D eigenvalue weighted by Gasteiger charge is -2.14. The highest BCUT2D eigenvalue weighted by Crippen LogP contribution is 2.49. The number of aromatic nitrogens is 2. The van der Waals surface area contributed by atoms with Crippen LogP contribution in [0.2, 0.25) is 0 Å². The molecule has 1 aliphatic rings. The van der Waals surface area contributed by atoms with Crippen LogP contribution in [0.4, 0.5) is 5.82 Å². The summed E-state index contributed by atoms with van der Waals surface area (Å²) < 4.78 is 7.29. The van der Waals surface area contributed by atoms with Gasteiger partial charge in [-0.25, -0.2) is 0 Å². The van der Waals surface area contributed by atoms with Crippen LogP contribution < -0.4 is 5.73 Å². The van der Waals surface area contributed by atoms with Crippen molar-refractivity contribution in [3.63, 3.8) is 0 Å². The number of nitrogen functional groups attached to an aromatic ring is 1. The molecule has 4 heteroatoms. The van der Waals surface area contributed by atoms with Crippen LogP contribution in [0.5, 0.6) is 0 Å². The van der Waals surface area contributed by atoms with Crippen molar-refractivity contribution >= 4 is 5.82 Å². The molecule has 0 saturated heterocycles. The van der Waals surface area contributed by atoms with E-state index in [1.807, 2.05) is 7.05 Å². The van der Waals surface area contributed by atoms with Crippen molar-refractivity contribution in [3.8, 4) is 11.1 Å². The molecule has 0 amide bonds.